The molecule has 0 saturated heterocycles. The van der Waals surface area contributed by atoms with Crippen molar-refractivity contribution in [3.8, 4) is 0 Å². The molecule has 0 bridgehead atoms. The van der Waals surface area contributed by atoms with Crippen molar-refractivity contribution in [2.24, 2.45) is 0 Å². The van der Waals surface area contributed by atoms with Crippen LogP contribution in [-0.2, 0) is 4.79 Å². The third-order valence-corrected chi connectivity index (χ3v) is 2.12. The Labute approximate surface area is 94.5 Å². The number of aliphatic hydroxyl groups excluding tert-OH is 1. The number of nitrogens with one attached hydrogen (secondary N) is 1. The third-order valence-electron chi connectivity index (χ3n) is 2.12. The number of Topliss-reactive ketones (excluding diaryl/α,β-unsaturated/α-hetero) is 1. The standard InChI is InChI=1S/C9H9N5O3/c1-3(15)6(16)4-2-11-7-5(12-4)8(17)14-9(10)13-7/h2,6,16H,1H3,(H3,10,11,13,14,17). The molecule has 2 aromatic rings. The summed E-state index contributed by atoms with van der Waals surface area (Å²) in [5.74, 6) is -0.560. The summed E-state index contributed by atoms with van der Waals surface area (Å²) >= 11 is 0. The maximum atomic E-state index is 11.5. The number of hydrogen-bond acceptors (Lipinski definition) is 7. The van der Waals surface area contributed by atoms with E-state index in [9.17, 15) is 14.7 Å². The van der Waals surface area contributed by atoms with E-state index in [2.05, 4.69) is 19.9 Å². The molecule has 17 heavy (non-hydrogen) atoms. The number of carbonyl (C=O) groups is 1. The van der Waals surface area contributed by atoms with Gasteiger partial charge in [-0.15, -0.1) is 0 Å². The molecule has 4 N–H and O–H groups in total. The van der Waals surface area contributed by atoms with Crippen molar-refractivity contribution in [1.29, 1.82) is 0 Å². The molecule has 0 saturated carbocycles. The molecule has 1 unspecified atom stereocenters. The van der Waals surface area contributed by atoms with E-state index in [4.69, 9.17) is 5.73 Å². The summed E-state index contributed by atoms with van der Waals surface area (Å²) in [6.45, 7) is 1.21. The molecule has 0 amide bonds. The fraction of sp³-hybridized carbons (Fsp3) is 0.222. The van der Waals surface area contributed by atoms with Gasteiger partial charge in [0.05, 0.1) is 11.9 Å². The highest BCUT2D eigenvalue weighted by Gasteiger charge is 2.16. The first-order chi connectivity index (χ1) is 7.99. The second-order valence-electron chi connectivity index (χ2n) is 3.43. The van der Waals surface area contributed by atoms with Crippen molar-refractivity contribution >= 4 is 22.9 Å². The van der Waals surface area contributed by atoms with Gasteiger partial charge in [0.1, 0.15) is 0 Å². The van der Waals surface area contributed by atoms with Crippen LogP contribution in [0.15, 0.2) is 11.0 Å². The van der Waals surface area contributed by atoms with E-state index in [0.717, 1.165) is 0 Å². The van der Waals surface area contributed by atoms with Gasteiger partial charge >= 0.3 is 0 Å². The van der Waals surface area contributed by atoms with Gasteiger partial charge in [0.15, 0.2) is 23.1 Å². The Morgan fingerprint density at radius 1 is 1.53 bits per heavy atom. The van der Waals surface area contributed by atoms with Crippen molar-refractivity contribution in [2.45, 2.75) is 13.0 Å². The third kappa shape index (κ3) is 1.97. The molecule has 8 heteroatoms. The van der Waals surface area contributed by atoms with Crippen molar-refractivity contribution in [3.05, 3.63) is 22.2 Å². The SMILES string of the molecule is CC(=O)C(O)c1cnc2nc(N)[nH]c(=O)c2n1. The Hall–Kier alpha value is -2.35. The molecular formula is C9H9N5O3. The van der Waals surface area contributed by atoms with Crippen molar-refractivity contribution in [1.82, 2.24) is 19.9 Å². The second kappa shape index (κ2) is 3.91. The number of aliphatic hydroxyl groups is 1. The van der Waals surface area contributed by atoms with Crippen molar-refractivity contribution < 1.29 is 9.90 Å². The van der Waals surface area contributed by atoms with Gasteiger partial charge in [0.2, 0.25) is 5.95 Å². The first-order valence-corrected chi connectivity index (χ1v) is 4.70. The van der Waals surface area contributed by atoms with Crippen LogP contribution in [0.2, 0.25) is 0 Å². The van der Waals surface area contributed by atoms with Gasteiger partial charge in [0, 0.05) is 0 Å². The first kappa shape index (κ1) is 11.1. The topological polar surface area (TPSA) is 135 Å². The van der Waals surface area contributed by atoms with Crippen LogP contribution in [-0.4, -0.2) is 30.8 Å². The van der Waals surface area contributed by atoms with Gasteiger partial charge < -0.3 is 10.8 Å². The number of carbonyl (C=O) groups excluding carboxylic acids is 1. The Balaban J connectivity index is 2.66. The van der Waals surface area contributed by atoms with Crippen LogP contribution < -0.4 is 11.3 Å². The lowest BCUT2D eigenvalue weighted by molar-refractivity contribution is -0.125. The number of fused-ring (bicyclic) bond motifs is 1. The van der Waals surface area contributed by atoms with Crippen molar-refractivity contribution in [2.75, 3.05) is 5.73 Å². The summed E-state index contributed by atoms with van der Waals surface area (Å²) < 4.78 is 0. The summed E-state index contributed by atoms with van der Waals surface area (Å²) in [4.78, 5) is 36.2. The quantitative estimate of drug-likeness (QED) is 0.602. The molecule has 2 rings (SSSR count). The molecule has 88 valence electrons. The smallest absolute Gasteiger partial charge is 0.280 e. The number of nitrogens with zero attached hydrogens (tertiary/aromatic N) is 3. The van der Waals surface area contributed by atoms with Crippen LogP contribution in [0.5, 0.6) is 0 Å². The number of hydrogen-bond donors (Lipinski definition) is 3. The van der Waals surface area contributed by atoms with Crippen LogP contribution in [0, 0.1) is 0 Å². The van der Waals surface area contributed by atoms with E-state index in [1.807, 2.05) is 0 Å². The minimum absolute atomic E-state index is 0.00192. The van der Waals surface area contributed by atoms with Gasteiger partial charge in [-0.05, 0) is 6.92 Å². The summed E-state index contributed by atoms with van der Waals surface area (Å²) in [5.41, 5.74) is 4.75. The van der Waals surface area contributed by atoms with E-state index in [1.165, 1.54) is 13.1 Å². The number of nitrogens with two attached hydrogens (primary N) is 1. The average Bonchev–Trinajstić information content (AvgIpc) is 2.27. The predicted octanol–water partition coefficient (Wildman–Crippen LogP) is -1.08. The van der Waals surface area contributed by atoms with Gasteiger partial charge in [-0.1, -0.05) is 0 Å². The molecule has 0 aliphatic heterocycles. The molecular weight excluding hydrogens is 226 g/mol. The van der Waals surface area contributed by atoms with E-state index in [1.54, 1.807) is 0 Å². The van der Waals surface area contributed by atoms with Gasteiger partial charge in [-0.25, -0.2) is 9.97 Å². The van der Waals surface area contributed by atoms with E-state index < -0.39 is 17.4 Å². The maximum Gasteiger partial charge on any atom is 0.280 e. The zero-order chi connectivity index (χ0) is 12.6. The van der Waals surface area contributed by atoms with Crippen molar-refractivity contribution in [3.63, 3.8) is 0 Å². The number of rotatable bonds is 2. The predicted molar refractivity (Wildman–Crippen MR) is 58.0 cm³/mol. The maximum absolute atomic E-state index is 11.5. The summed E-state index contributed by atoms with van der Waals surface area (Å²) in [7, 11) is 0. The lowest BCUT2D eigenvalue weighted by atomic mass is 10.2. The molecule has 1 atom stereocenters. The molecule has 0 aromatic carbocycles. The number of aromatic amines is 1. The zero-order valence-corrected chi connectivity index (χ0v) is 8.84. The van der Waals surface area contributed by atoms with Crippen LogP contribution in [0.4, 0.5) is 5.95 Å². The lowest BCUT2D eigenvalue weighted by Gasteiger charge is -2.05. The molecule has 0 fully saturated rings. The summed E-state index contributed by atoms with van der Waals surface area (Å²) in [6.07, 6.45) is -0.218. The highest BCUT2D eigenvalue weighted by atomic mass is 16.3. The Bertz CT molecular complexity index is 651. The minimum atomic E-state index is -1.40. The van der Waals surface area contributed by atoms with E-state index in [0.29, 0.717) is 0 Å². The molecule has 0 aliphatic carbocycles. The summed E-state index contributed by atoms with van der Waals surface area (Å²) in [5, 5.41) is 9.49. The number of aromatic nitrogens is 4. The highest BCUT2D eigenvalue weighted by Crippen LogP contribution is 2.11. The zero-order valence-electron chi connectivity index (χ0n) is 8.84. The van der Waals surface area contributed by atoms with Crippen LogP contribution in [0.3, 0.4) is 0 Å². The Morgan fingerprint density at radius 2 is 2.24 bits per heavy atom. The molecule has 8 nitrogen and oxygen atoms in total. The first-order valence-electron chi connectivity index (χ1n) is 4.70. The van der Waals surface area contributed by atoms with Gasteiger partial charge in [0.25, 0.3) is 5.56 Å². The molecule has 0 spiro atoms. The van der Waals surface area contributed by atoms with Crippen LogP contribution in [0.1, 0.15) is 18.7 Å². The average molecular weight is 235 g/mol. The number of H-pyrrole nitrogens is 1. The largest absolute Gasteiger partial charge is 0.379 e. The minimum Gasteiger partial charge on any atom is -0.379 e. The van der Waals surface area contributed by atoms with Gasteiger partial charge in [-0.3, -0.25) is 14.6 Å². The molecule has 0 radical (unpaired) electrons. The van der Waals surface area contributed by atoms with Crippen LogP contribution >= 0.6 is 0 Å². The Morgan fingerprint density at radius 3 is 2.88 bits per heavy atom. The van der Waals surface area contributed by atoms with E-state index in [-0.39, 0.29) is 22.8 Å². The van der Waals surface area contributed by atoms with Gasteiger partial charge in [-0.2, -0.15) is 4.98 Å². The number of anilines is 1. The lowest BCUT2D eigenvalue weighted by Crippen LogP contribution is -2.16. The number of nitrogen functional groups attached to an aromatic ring is 1. The number of ketones is 1. The fourth-order valence-corrected chi connectivity index (χ4v) is 1.29. The van der Waals surface area contributed by atoms with Crippen LogP contribution in [0.25, 0.3) is 11.2 Å². The molecule has 0 aliphatic rings. The molecule has 2 heterocycles. The highest BCUT2D eigenvalue weighted by molar-refractivity contribution is 5.81. The second-order valence-corrected chi connectivity index (χ2v) is 3.43. The van der Waals surface area contributed by atoms with E-state index >= 15 is 0 Å². The normalized spacial score (nSPS) is 12.6. The summed E-state index contributed by atoms with van der Waals surface area (Å²) in [6, 6.07) is 0. The Kier molecular flexibility index (Phi) is 2.56. The fourth-order valence-electron chi connectivity index (χ4n) is 1.29. The molecule has 2 aromatic heterocycles. The monoisotopic (exact) mass is 235 g/mol.